The molecule has 0 unspecified atom stereocenters. The van der Waals surface area contributed by atoms with Crippen LogP contribution >= 0.6 is 0 Å². The Bertz CT molecular complexity index is 410. The normalized spacial score (nSPS) is 10.8. The second-order valence-corrected chi connectivity index (χ2v) is 3.13. The van der Waals surface area contributed by atoms with Crippen LogP contribution in [0.25, 0.3) is 6.08 Å². The fraction of sp³-hybridized carbons (Fsp3) is 0.182. The summed E-state index contributed by atoms with van der Waals surface area (Å²) in [6.45, 7) is 1.87. The molecule has 2 amide bonds. The maximum absolute atomic E-state index is 11.4. The number of nitrogens with zero attached hydrogens (tertiary/aromatic N) is 1. The maximum atomic E-state index is 11.4. The van der Waals surface area contributed by atoms with E-state index in [0.717, 1.165) is 11.3 Å². The first-order chi connectivity index (χ1) is 7.67. The van der Waals surface area contributed by atoms with Gasteiger partial charge in [-0.3, -0.25) is 14.6 Å². The van der Waals surface area contributed by atoms with Crippen molar-refractivity contribution in [3.8, 4) is 0 Å². The summed E-state index contributed by atoms with van der Waals surface area (Å²) in [5.74, 6) is -0.354. The molecule has 0 aliphatic rings. The molecule has 0 saturated carbocycles. The Morgan fingerprint density at radius 3 is 2.69 bits per heavy atom. The third-order valence-electron chi connectivity index (χ3n) is 1.93. The lowest BCUT2D eigenvalue weighted by molar-refractivity contribution is -0.118. The van der Waals surface area contributed by atoms with Crippen molar-refractivity contribution >= 4 is 18.4 Å². The first-order valence-corrected chi connectivity index (χ1v) is 4.74. The first kappa shape index (κ1) is 11.9. The smallest absolute Gasteiger partial charge is 0.267 e. The molecule has 0 aromatic carbocycles. The topological polar surface area (TPSA) is 71.1 Å². The van der Waals surface area contributed by atoms with Crippen molar-refractivity contribution in [2.24, 2.45) is 0 Å². The molecule has 84 valence electrons. The number of rotatable bonds is 4. The van der Waals surface area contributed by atoms with Crippen molar-refractivity contribution in [2.45, 2.75) is 6.92 Å². The molecule has 0 fully saturated rings. The van der Waals surface area contributed by atoms with Crippen LogP contribution in [-0.2, 0) is 9.59 Å². The van der Waals surface area contributed by atoms with E-state index in [1.165, 1.54) is 7.05 Å². The van der Waals surface area contributed by atoms with Crippen LogP contribution in [0.3, 0.4) is 0 Å². The molecule has 1 heterocycles. The highest BCUT2D eigenvalue weighted by Crippen LogP contribution is 2.04. The fourth-order valence-electron chi connectivity index (χ4n) is 1.10. The highest BCUT2D eigenvalue weighted by Gasteiger charge is 2.05. The van der Waals surface area contributed by atoms with E-state index in [9.17, 15) is 9.59 Å². The molecule has 0 radical (unpaired) electrons. The molecule has 1 rings (SSSR count). The van der Waals surface area contributed by atoms with Crippen LogP contribution in [0.2, 0.25) is 0 Å². The third kappa shape index (κ3) is 3.20. The lowest BCUT2D eigenvalue weighted by atomic mass is 10.2. The number of hydrogen-bond acceptors (Lipinski definition) is 3. The third-order valence-corrected chi connectivity index (χ3v) is 1.93. The van der Waals surface area contributed by atoms with Crippen molar-refractivity contribution in [1.82, 2.24) is 15.6 Å². The van der Waals surface area contributed by atoms with Gasteiger partial charge in [0.15, 0.2) is 0 Å². The van der Waals surface area contributed by atoms with E-state index in [4.69, 9.17) is 0 Å². The van der Waals surface area contributed by atoms with E-state index >= 15 is 0 Å². The van der Waals surface area contributed by atoms with Crippen LogP contribution < -0.4 is 10.6 Å². The molecule has 0 aliphatic heterocycles. The molecule has 0 aliphatic carbocycles. The van der Waals surface area contributed by atoms with E-state index in [2.05, 4.69) is 15.6 Å². The maximum Gasteiger partial charge on any atom is 0.267 e. The Kier molecular flexibility index (Phi) is 4.20. The summed E-state index contributed by atoms with van der Waals surface area (Å²) in [7, 11) is 1.50. The molecule has 0 atom stereocenters. The molecule has 5 nitrogen and oxygen atoms in total. The quantitative estimate of drug-likeness (QED) is 0.562. The van der Waals surface area contributed by atoms with Crippen LogP contribution in [0.1, 0.15) is 11.3 Å². The van der Waals surface area contributed by atoms with Gasteiger partial charge in [-0.1, -0.05) is 6.07 Å². The van der Waals surface area contributed by atoms with Gasteiger partial charge in [-0.05, 0) is 24.6 Å². The average Bonchev–Trinajstić information content (AvgIpc) is 2.30. The zero-order valence-corrected chi connectivity index (χ0v) is 9.15. The summed E-state index contributed by atoms with van der Waals surface area (Å²) in [6.07, 6.45) is 3.65. The zero-order chi connectivity index (χ0) is 12.0. The molecule has 0 bridgehead atoms. The van der Waals surface area contributed by atoms with Crippen molar-refractivity contribution < 1.29 is 9.59 Å². The molecule has 5 heteroatoms. The summed E-state index contributed by atoms with van der Waals surface area (Å²) in [5.41, 5.74) is 1.82. The highest BCUT2D eigenvalue weighted by atomic mass is 16.2. The van der Waals surface area contributed by atoms with Gasteiger partial charge in [0, 0.05) is 18.9 Å². The summed E-state index contributed by atoms with van der Waals surface area (Å²) in [5, 5.41) is 4.77. The van der Waals surface area contributed by atoms with Crippen LogP contribution in [0, 0.1) is 6.92 Å². The zero-order valence-electron chi connectivity index (χ0n) is 9.15. The van der Waals surface area contributed by atoms with Gasteiger partial charge in [0.2, 0.25) is 6.41 Å². The minimum atomic E-state index is -0.354. The minimum Gasteiger partial charge on any atom is -0.354 e. The Balaban J connectivity index is 2.96. The standard InChI is InChI=1S/C11H13N3O2/c1-8-3-4-9(6-13-8)5-10(14-7-15)11(16)12-2/h3-7H,1-2H3,(H,12,16)(H,14,15)/b10-5-. The lowest BCUT2D eigenvalue weighted by Gasteiger charge is -2.03. The van der Waals surface area contributed by atoms with Gasteiger partial charge in [0.25, 0.3) is 5.91 Å². The number of carbonyl (C=O) groups is 2. The summed E-state index contributed by atoms with van der Waals surface area (Å²) in [4.78, 5) is 25.8. The van der Waals surface area contributed by atoms with Crippen LogP contribution in [0.5, 0.6) is 0 Å². The summed E-state index contributed by atoms with van der Waals surface area (Å²) in [6, 6.07) is 3.64. The molecule has 1 aromatic heterocycles. The van der Waals surface area contributed by atoms with Crippen molar-refractivity contribution in [2.75, 3.05) is 7.05 Å². The minimum absolute atomic E-state index is 0.183. The number of hydrogen-bond donors (Lipinski definition) is 2. The SMILES string of the molecule is CNC(=O)/C(=C/c1ccc(C)nc1)NC=O. The molecular formula is C11H13N3O2. The largest absolute Gasteiger partial charge is 0.354 e. The Hall–Kier alpha value is -2.17. The number of carbonyl (C=O) groups excluding carboxylic acids is 2. The van der Waals surface area contributed by atoms with Gasteiger partial charge >= 0.3 is 0 Å². The van der Waals surface area contributed by atoms with Gasteiger partial charge in [0.1, 0.15) is 5.70 Å². The monoisotopic (exact) mass is 219 g/mol. The molecule has 2 N–H and O–H groups in total. The van der Waals surface area contributed by atoms with Gasteiger partial charge in [0.05, 0.1) is 0 Å². The Morgan fingerprint density at radius 2 is 2.19 bits per heavy atom. The van der Waals surface area contributed by atoms with E-state index in [1.54, 1.807) is 12.3 Å². The number of pyridine rings is 1. The predicted molar refractivity (Wildman–Crippen MR) is 60.2 cm³/mol. The Labute approximate surface area is 93.6 Å². The summed E-state index contributed by atoms with van der Waals surface area (Å²) < 4.78 is 0. The van der Waals surface area contributed by atoms with E-state index in [1.807, 2.05) is 19.1 Å². The van der Waals surface area contributed by atoms with Gasteiger partial charge in [-0.2, -0.15) is 0 Å². The average molecular weight is 219 g/mol. The number of likely N-dealkylation sites (N-methyl/N-ethyl adjacent to an activating group) is 1. The fourth-order valence-corrected chi connectivity index (χ4v) is 1.10. The van der Waals surface area contributed by atoms with Gasteiger partial charge < -0.3 is 10.6 Å². The first-order valence-electron chi connectivity index (χ1n) is 4.74. The van der Waals surface area contributed by atoms with Gasteiger partial charge in [-0.25, -0.2) is 0 Å². The number of aromatic nitrogens is 1. The number of aryl methyl sites for hydroxylation is 1. The predicted octanol–water partition coefficient (Wildman–Crippen LogP) is 0.223. The summed E-state index contributed by atoms with van der Waals surface area (Å²) >= 11 is 0. The Morgan fingerprint density at radius 1 is 1.44 bits per heavy atom. The van der Waals surface area contributed by atoms with E-state index in [0.29, 0.717) is 6.41 Å². The molecule has 16 heavy (non-hydrogen) atoms. The molecule has 1 aromatic rings. The van der Waals surface area contributed by atoms with Crippen LogP contribution in [0.4, 0.5) is 0 Å². The molecule has 0 spiro atoms. The van der Waals surface area contributed by atoms with Crippen molar-refractivity contribution in [1.29, 1.82) is 0 Å². The van der Waals surface area contributed by atoms with Crippen LogP contribution in [0.15, 0.2) is 24.0 Å². The van der Waals surface area contributed by atoms with Crippen molar-refractivity contribution in [3.05, 3.63) is 35.3 Å². The second kappa shape index (κ2) is 5.65. The molecular weight excluding hydrogens is 206 g/mol. The van der Waals surface area contributed by atoms with Gasteiger partial charge in [-0.15, -0.1) is 0 Å². The number of nitrogens with one attached hydrogen (secondary N) is 2. The lowest BCUT2D eigenvalue weighted by Crippen LogP contribution is -2.28. The van der Waals surface area contributed by atoms with Crippen molar-refractivity contribution in [3.63, 3.8) is 0 Å². The second-order valence-electron chi connectivity index (χ2n) is 3.13. The number of amides is 2. The van der Waals surface area contributed by atoms with Crippen LogP contribution in [-0.4, -0.2) is 24.3 Å². The van der Waals surface area contributed by atoms with E-state index in [-0.39, 0.29) is 11.6 Å². The highest BCUT2D eigenvalue weighted by molar-refractivity contribution is 5.98. The van der Waals surface area contributed by atoms with E-state index < -0.39 is 0 Å². The molecule has 0 saturated heterocycles.